The number of anilines is 1. The molecular weight excluding hydrogens is 274 g/mol. The quantitative estimate of drug-likeness (QED) is 0.573. The van der Waals surface area contributed by atoms with Crippen LogP contribution in [0.25, 0.3) is 0 Å². The normalized spacial score (nSPS) is 17.1. The van der Waals surface area contributed by atoms with Crippen LogP contribution in [-0.2, 0) is 9.59 Å². The molecule has 0 aliphatic carbocycles. The molecule has 1 amide bonds. The molecule has 0 saturated carbocycles. The maximum Gasteiger partial charge on any atom is 0.321 e. The van der Waals surface area contributed by atoms with E-state index in [-0.39, 0.29) is 17.9 Å². The van der Waals surface area contributed by atoms with E-state index < -0.39 is 17.9 Å². The fourth-order valence-electron chi connectivity index (χ4n) is 2.32. The molecule has 0 aromatic heterocycles. The number of piperazine rings is 1. The van der Waals surface area contributed by atoms with E-state index in [2.05, 4.69) is 10.6 Å². The second kappa shape index (κ2) is 7.05. The molecule has 4 N–H and O–H groups in total. The van der Waals surface area contributed by atoms with Crippen LogP contribution in [0, 0.1) is 0 Å². The van der Waals surface area contributed by atoms with Crippen LogP contribution in [0.2, 0.25) is 0 Å². The summed E-state index contributed by atoms with van der Waals surface area (Å²) < 4.78 is 0. The lowest BCUT2D eigenvalue weighted by atomic mass is 10.1. The third-order valence-electron chi connectivity index (χ3n) is 3.43. The summed E-state index contributed by atoms with van der Waals surface area (Å²) in [5.41, 5.74) is 0.284. The highest BCUT2D eigenvalue weighted by Crippen LogP contribution is 2.22. The molecule has 1 unspecified atom stereocenters. The average Bonchev–Trinajstić information content (AvgIpc) is 2.48. The number of benzene rings is 1. The predicted molar refractivity (Wildman–Crippen MR) is 77.2 cm³/mol. The third kappa shape index (κ3) is 4.17. The molecule has 1 heterocycles. The number of hydrogen-bond acceptors (Lipinski definition) is 5. The van der Waals surface area contributed by atoms with Gasteiger partial charge in [-0.15, -0.1) is 0 Å². The van der Waals surface area contributed by atoms with Crippen molar-refractivity contribution in [3.05, 3.63) is 24.3 Å². The predicted octanol–water partition coefficient (Wildman–Crippen LogP) is 0.0792. The highest BCUT2D eigenvalue weighted by molar-refractivity contribution is 5.95. The minimum absolute atomic E-state index is 0.0418. The Balaban J connectivity index is 1.98. The molecule has 1 aliphatic heterocycles. The topological polar surface area (TPSA) is 102 Å². The Hall–Kier alpha value is -2.12. The lowest BCUT2D eigenvalue weighted by Crippen LogP contribution is -2.52. The zero-order chi connectivity index (χ0) is 15.2. The molecule has 0 radical (unpaired) electrons. The molecule has 114 valence electrons. The smallest absolute Gasteiger partial charge is 0.321 e. The summed E-state index contributed by atoms with van der Waals surface area (Å²) in [5, 5.41) is 24.6. The van der Waals surface area contributed by atoms with E-state index >= 15 is 0 Å². The number of aliphatic carboxylic acids is 1. The van der Waals surface area contributed by atoms with Crippen molar-refractivity contribution in [1.82, 2.24) is 10.2 Å². The first kappa shape index (κ1) is 15.3. The highest BCUT2D eigenvalue weighted by Gasteiger charge is 2.29. The minimum Gasteiger partial charge on any atom is -0.506 e. The minimum atomic E-state index is -1.01. The lowest BCUT2D eigenvalue weighted by molar-refractivity contribution is -0.145. The van der Waals surface area contributed by atoms with Crippen LogP contribution >= 0.6 is 0 Å². The van der Waals surface area contributed by atoms with Crippen molar-refractivity contribution in [3.8, 4) is 5.75 Å². The van der Waals surface area contributed by atoms with E-state index in [4.69, 9.17) is 0 Å². The summed E-state index contributed by atoms with van der Waals surface area (Å²) in [6.45, 7) is 2.62. The number of nitrogens with one attached hydrogen (secondary N) is 2. The number of nitrogens with zero attached hydrogens (tertiary/aromatic N) is 1. The van der Waals surface area contributed by atoms with Gasteiger partial charge in [0, 0.05) is 26.2 Å². The molecule has 1 saturated heterocycles. The van der Waals surface area contributed by atoms with Gasteiger partial charge >= 0.3 is 5.97 Å². The van der Waals surface area contributed by atoms with E-state index in [1.54, 1.807) is 23.1 Å². The number of aromatic hydroxyl groups is 1. The van der Waals surface area contributed by atoms with Crippen LogP contribution in [0.15, 0.2) is 24.3 Å². The number of hydrogen-bond donors (Lipinski definition) is 4. The number of amides is 1. The summed E-state index contributed by atoms with van der Waals surface area (Å²) in [7, 11) is 0. The van der Waals surface area contributed by atoms with E-state index in [0.29, 0.717) is 26.2 Å². The summed E-state index contributed by atoms with van der Waals surface area (Å²) in [6.07, 6.45) is -0.149. The second-order valence-electron chi connectivity index (χ2n) is 4.91. The Morgan fingerprint density at radius 2 is 1.95 bits per heavy atom. The first-order valence-electron chi connectivity index (χ1n) is 6.83. The van der Waals surface area contributed by atoms with Gasteiger partial charge < -0.3 is 20.8 Å². The molecule has 0 bridgehead atoms. The molecule has 7 heteroatoms. The van der Waals surface area contributed by atoms with Crippen LogP contribution in [0.1, 0.15) is 6.42 Å². The van der Waals surface area contributed by atoms with Crippen molar-refractivity contribution in [2.75, 3.05) is 31.5 Å². The van der Waals surface area contributed by atoms with Crippen LogP contribution in [0.5, 0.6) is 5.75 Å². The molecule has 21 heavy (non-hydrogen) atoms. The first-order chi connectivity index (χ1) is 10.1. The van der Waals surface area contributed by atoms with E-state index in [0.717, 1.165) is 0 Å². The number of phenols is 1. The second-order valence-corrected chi connectivity index (χ2v) is 4.91. The van der Waals surface area contributed by atoms with Gasteiger partial charge in [0.1, 0.15) is 11.8 Å². The number of carboxylic acids is 1. The largest absolute Gasteiger partial charge is 0.506 e. The fraction of sp³-hybridized carbons (Fsp3) is 0.429. The summed E-state index contributed by atoms with van der Waals surface area (Å²) >= 11 is 0. The Bertz CT molecular complexity index is 515. The summed E-state index contributed by atoms with van der Waals surface area (Å²) in [4.78, 5) is 25.1. The number of phenolic OH excluding ortho intramolecular Hbond substituents is 1. The molecule has 1 aromatic carbocycles. The zero-order valence-electron chi connectivity index (χ0n) is 11.6. The molecule has 0 spiro atoms. The molecular formula is C14H19N3O4. The molecule has 2 rings (SSSR count). The average molecular weight is 293 g/mol. The molecule has 1 aromatic rings. The Labute approximate surface area is 122 Å². The Morgan fingerprint density at radius 1 is 1.29 bits per heavy atom. The van der Waals surface area contributed by atoms with E-state index in [9.17, 15) is 19.8 Å². The van der Waals surface area contributed by atoms with Gasteiger partial charge in [0.15, 0.2) is 0 Å². The van der Waals surface area contributed by atoms with Gasteiger partial charge in [-0.05, 0) is 12.1 Å². The standard InChI is InChI=1S/C14H19N3O4/c18-12-4-2-1-3-10(12)16-13(19)9-11(14(20)21)17-7-5-15-6-8-17/h1-4,11,15,18H,5-9H2,(H,16,19)(H,20,21). The van der Waals surface area contributed by atoms with Crippen LogP contribution < -0.4 is 10.6 Å². The van der Waals surface area contributed by atoms with Crippen molar-refractivity contribution in [3.63, 3.8) is 0 Å². The Kier molecular flexibility index (Phi) is 5.13. The lowest BCUT2D eigenvalue weighted by Gasteiger charge is -2.32. The van der Waals surface area contributed by atoms with Gasteiger partial charge in [-0.1, -0.05) is 12.1 Å². The van der Waals surface area contributed by atoms with Gasteiger partial charge in [-0.3, -0.25) is 14.5 Å². The van der Waals surface area contributed by atoms with Crippen LogP contribution in [0.3, 0.4) is 0 Å². The SMILES string of the molecule is O=C(CC(C(=O)O)N1CCNCC1)Nc1ccccc1O. The van der Waals surface area contributed by atoms with Gasteiger partial charge in [-0.2, -0.15) is 0 Å². The number of rotatable bonds is 5. The molecule has 1 aliphatic rings. The Morgan fingerprint density at radius 3 is 2.57 bits per heavy atom. The number of carboxylic acid groups (broad SMARTS) is 1. The summed E-state index contributed by atoms with van der Waals surface area (Å²) in [6, 6.07) is 5.50. The van der Waals surface area contributed by atoms with E-state index in [1.807, 2.05) is 0 Å². The number of carbonyl (C=O) groups excluding carboxylic acids is 1. The molecule has 1 atom stereocenters. The van der Waals surface area contributed by atoms with E-state index in [1.165, 1.54) is 6.07 Å². The van der Waals surface area contributed by atoms with Crippen molar-refractivity contribution >= 4 is 17.6 Å². The van der Waals surface area contributed by atoms with Crippen molar-refractivity contribution in [2.24, 2.45) is 0 Å². The fourth-order valence-corrected chi connectivity index (χ4v) is 2.32. The van der Waals surface area contributed by atoms with Crippen LogP contribution in [-0.4, -0.2) is 59.2 Å². The van der Waals surface area contributed by atoms with Gasteiger partial charge in [0.05, 0.1) is 12.1 Å². The van der Waals surface area contributed by atoms with Crippen LogP contribution in [0.4, 0.5) is 5.69 Å². The summed E-state index contributed by atoms with van der Waals surface area (Å²) in [5.74, 6) is -1.48. The molecule has 7 nitrogen and oxygen atoms in total. The maximum atomic E-state index is 12.0. The number of carbonyl (C=O) groups is 2. The van der Waals surface area contributed by atoms with Crippen molar-refractivity contribution in [1.29, 1.82) is 0 Å². The van der Waals surface area contributed by atoms with Crippen molar-refractivity contribution < 1.29 is 19.8 Å². The zero-order valence-corrected chi connectivity index (χ0v) is 11.6. The van der Waals surface area contributed by atoms with Gasteiger partial charge in [0.25, 0.3) is 0 Å². The van der Waals surface area contributed by atoms with Crippen molar-refractivity contribution in [2.45, 2.75) is 12.5 Å². The maximum absolute atomic E-state index is 12.0. The highest BCUT2D eigenvalue weighted by atomic mass is 16.4. The molecule has 1 fully saturated rings. The monoisotopic (exact) mass is 293 g/mol. The van der Waals surface area contributed by atoms with Gasteiger partial charge in [0.2, 0.25) is 5.91 Å². The third-order valence-corrected chi connectivity index (χ3v) is 3.43. The van der Waals surface area contributed by atoms with Gasteiger partial charge in [-0.25, -0.2) is 0 Å². The number of para-hydroxylation sites is 2. The first-order valence-corrected chi connectivity index (χ1v) is 6.83.